The van der Waals surface area contributed by atoms with E-state index < -0.39 is 5.95 Å². The smallest absolute Gasteiger partial charge is 0.313 e. The summed E-state index contributed by atoms with van der Waals surface area (Å²) in [6.45, 7) is 0. The third kappa shape index (κ3) is 4.72. The summed E-state index contributed by atoms with van der Waals surface area (Å²) < 4.78 is 1.03. The first-order chi connectivity index (χ1) is 4.68. The first-order valence-corrected chi connectivity index (χ1v) is 4.57. The van der Waals surface area contributed by atoms with Crippen molar-refractivity contribution in [3.8, 4) is 0 Å². The lowest BCUT2D eigenvalue weighted by Crippen LogP contribution is -1.89. The molecular weight excluding hydrogens is 247 g/mol. The molecule has 0 saturated heterocycles. The monoisotopic (exact) mass is 258 g/mol. The maximum atomic E-state index is 8.73. The third-order valence-electron chi connectivity index (χ3n) is 1.06. The van der Waals surface area contributed by atoms with Crippen LogP contribution in [-0.4, -0.2) is 19.7 Å². The van der Waals surface area contributed by atoms with Gasteiger partial charge >= 0.3 is 5.95 Å². The number of allylic oxidation sites excluding steroid dienone is 1. The first-order valence-electron chi connectivity index (χ1n) is 3.04. The summed E-state index contributed by atoms with van der Waals surface area (Å²) >= 11 is 2.23. The Kier molecular flexibility index (Phi) is 5.57. The van der Waals surface area contributed by atoms with Gasteiger partial charge in [0.05, 0.1) is 0 Å². The zero-order chi connectivity index (χ0) is 7.98. The average molecular weight is 258 g/mol. The second kappa shape index (κ2) is 5.64. The van der Waals surface area contributed by atoms with E-state index in [0.29, 0.717) is 6.42 Å². The molecule has 0 aromatic rings. The molecule has 0 rings (SSSR count). The number of aliphatic hydroxyl groups is 3. The van der Waals surface area contributed by atoms with Gasteiger partial charge in [0.2, 0.25) is 0 Å². The predicted molar refractivity (Wildman–Crippen MR) is 47.7 cm³/mol. The number of rotatable bonds is 4. The van der Waals surface area contributed by atoms with Gasteiger partial charge < -0.3 is 15.3 Å². The van der Waals surface area contributed by atoms with Crippen molar-refractivity contribution in [1.82, 2.24) is 0 Å². The van der Waals surface area contributed by atoms with E-state index >= 15 is 0 Å². The van der Waals surface area contributed by atoms with Gasteiger partial charge in [-0.15, -0.1) is 0 Å². The lowest BCUT2D eigenvalue weighted by atomic mass is 10.2. The van der Waals surface area contributed by atoms with Crippen LogP contribution in [0.3, 0.4) is 0 Å². The summed E-state index contributed by atoms with van der Waals surface area (Å²) in [5, 5.41) is 25.3. The quantitative estimate of drug-likeness (QED) is 0.314. The maximum Gasteiger partial charge on any atom is 0.313 e. The average Bonchev–Trinajstić information content (AvgIpc) is 1.88. The molecule has 3 N–H and O–H groups in total. The number of hydrogen-bond acceptors (Lipinski definition) is 3. The number of alkyl halides is 1. The van der Waals surface area contributed by atoms with E-state index in [-0.39, 0.29) is 5.76 Å². The van der Waals surface area contributed by atoms with Crippen LogP contribution >= 0.6 is 22.6 Å². The van der Waals surface area contributed by atoms with Gasteiger partial charge in [0.1, 0.15) is 0 Å². The van der Waals surface area contributed by atoms with Crippen LogP contribution in [-0.2, 0) is 0 Å². The predicted octanol–water partition coefficient (Wildman–Crippen LogP) is 2.43. The molecule has 0 heterocycles. The molecule has 0 unspecified atom stereocenters. The standard InChI is InChI=1S/C6H11IO3/c7-4-2-1-3-5(8)6(9)10/h8-10H,1-4H2. The fourth-order valence-corrected chi connectivity index (χ4v) is 1.04. The second-order valence-electron chi connectivity index (χ2n) is 1.92. The molecule has 3 nitrogen and oxygen atoms in total. The van der Waals surface area contributed by atoms with E-state index in [1.807, 2.05) is 0 Å². The number of unbranched alkanes of at least 4 members (excludes halogenated alkanes) is 1. The van der Waals surface area contributed by atoms with E-state index in [4.69, 9.17) is 15.3 Å². The fraction of sp³-hybridized carbons (Fsp3) is 0.667. The molecule has 0 amide bonds. The van der Waals surface area contributed by atoms with Gasteiger partial charge in [-0.3, -0.25) is 0 Å². The Morgan fingerprint density at radius 2 is 1.70 bits per heavy atom. The van der Waals surface area contributed by atoms with Crippen molar-refractivity contribution in [3.63, 3.8) is 0 Å². The molecule has 0 aliphatic carbocycles. The molecule has 60 valence electrons. The molecule has 0 aromatic carbocycles. The SMILES string of the molecule is OC(O)=C(O)CCCCI. The zero-order valence-electron chi connectivity index (χ0n) is 5.55. The fourth-order valence-electron chi connectivity index (χ4n) is 0.499. The van der Waals surface area contributed by atoms with Crippen molar-refractivity contribution in [2.75, 3.05) is 4.43 Å². The molecule has 0 spiro atoms. The van der Waals surface area contributed by atoms with Crippen molar-refractivity contribution in [2.45, 2.75) is 19.3 Å². The normalized spacial score (nSPS) is 9.30. The van der Waals surface area contributed by atoms with E-state index in [9.17, 15) is 0 Å². The number of hydrogen-bond donors (Lipinski definition) is 3. The number of aliphatic hydroxyl groups excluding tert-OH is 2. The van der Waals surface area contributed by atoms with Gasteiger partial charge in [-0.05, 0) is 17.3 Å². The lowest BCUT2D eigenvalue weighted by molar-refractivity contribution is 0.153. The van der Waals surface area contributed by atoms with Crippen molar-refractivity contribution in [3.05, 3.63) is 11.7 Å². The molecule has 0 bridgehead atoms. The van der Waals surface area contributed by atoms with Gasteiger partial charge in [-0.1, -0.05) is 22.6 Å². The minimum absolute atomic E-state index is 0.315. The Morgan fingerprint density at radius 3 is 2.10 bits per heavy atom. The molecule has 0 saturated carbocycles. The highest BCUT2D eigenvalue weighted by molar-refractivity contribution is 14.1. The van der Waals surface area contributed by atoms with Crippen LogP contribution in [0, 0.1) is 0 Å². The Labute approximate surface area is 73.5 Å². The largest absolute Gasteiger partial charge is 0.506 e. The third-order valence-corrected chi connectivity index (χ3v) is 1.82. The summed E-state index contributed by atoms with van der Waals surface area (Å²) in [4.78, 5) is 0. The van der Waals surface area contributed by atoms with Crippen LogP contribution < -0.4 is 0 Å². The van der Waals surface area contributed by atoms with E-state index in [1.165, 1.54) is 0 Å². The summed E-state index contributed by atoms with van der Waals surface area (Å²) in [7, 11) is 0. The Morgan fingerprint density at radius 1 is 1.10 bits per heavy atom. The first kappa shape index (κ1) is 9.87. The summed E-state index contributed by atoms with van der Waals surface area (Å²) in [6.07, 6.45) is 2.13. The molecule has 10 heavy (non-hydrogen) atoms. The second-order valence-corrected chi connectivity index (χ2v) is 3.00. The zero-order valence-corrected chi connectivity index (χ0v) is 7.71. The minimum Gasteiger partial charge on any atom is -0.506 e. The highest BCUT2D eigenvalue weighted by atomic mass is 127. The van der Waals surface area contributed by atoms with Crippen LogP contribution in [0.5, 0.6) is 0 Å². The Bertz CT molecular complexity index is 118. The van der Waals surface area contributed by atoms with Crippen LogP contribution in [0.25, 0.3) is 0 Å². The Balaban J connectivity index is 3.40. The van der Waals surface area contributed by atoms with E-state index in [1.54, 1.807) is 0 Å². The van der Waals surface area contributed by atoms with Crippen LogP contribution in [0.4, 0.5) is 0 Å². The lowest BCUT2D eigenvalue weighted by Gasteiger charge is -1.97. The van der Waals surface area contributed by atoms with Gasteiger partial charge in [0.15, 0.2) is 5.76 Å². The minimum atomic E-state index is -0.951. The molecule has 0 atom stereocenters. The van der Waals surface area contributed by atoms with Crippen molar-refractivity contribution < 1.29 is 15.3 Å². The van der Waals surface area contributed by atoms with E-state index in [2.05, 4.69) is 22.6 Å². The highest BCUT2D eigenvalue weighted by Crippen LogP contribution is 2.07. The topological polar surface area (TPSA) is 60.7 Å². The number of halogens is 1. The van der Waals surface area contributed by atoms with Crippen molar-refractivity contribution in [2.24, 2.45) is 0 Å². The maximum absolute atomic E-state index is 8.73. The van der Waals surface area contributed by atoms with Crippen LogP contribution in [0.1, 0.15) is 19.3 Å². The van der Waals surface area contributed by atoms with Crippen LogP contribution in [0.15, 0.2) is 11.7 Å². The molecule has 0 aliphatic heterocycles. The molecule has 0 fully saturated rings. The van der Waals surface area contributed by atoms with Gasteiger partial charge in [-0.2, -0.15) is 0 Å². The highest BCUT2D eigenvalue weighted by Gasteiger charge is 1.99. The molecule has 4 heteroatoms. The van der Waals surface area contributed by atoms with Crippen molar-refractivity contribution in [1.29, 1.82) is 0 Å². The molecule has 0 aliphatic rings. The summed E-state index contributed by atoms with van der Waals surface area (Å²) in [5.74, 6) is -1.27. The van der Waals surface area contributed by atoms with Gasteiger partial charge in [-0.25, -0.2) is 0 Å². The molecule has 0 radical (unpaired) electrons. The molecular formula is C6H11IO3. The van der Waals surface area contributed by atoms with Crippen LogP contribution in [0.2, 0.25) is 0 Å². The summed E-state index contributed by atoms with van der Waals surface area (Å²) in [5.41, 5.74) is 0. The van der Waals surface area contributed by atoms with Gasteiger partial charge in [0.25, 0.3) is 0 Å². The molecule has 0 aromatic heterocycles. The Hall–Kier alpha value is -0.130. The van der Waals surface area contributed by atoms with E-state index in [0.717, 1.165) is 17.3 Å². The van der Waals surface area contributed by atoms with Crippen molar-refractivity contribution >= 4 is 22.6 Å². The van der Waals surface area contributed by atoms with Gasteiger partial charge in [0, 0.05) is 6.42 Å². The summed E-state index contributed by atoms with van der Waals surface area (Å²) in [6, 6.07) is 0.